The summed E-state index contributed by atoms with van der Waals surface area (Å²) < 4.78 is 0. The van der Waals surface area contributed by atoms with E-state index in [4.69, 9.17) is 23.2 Å². The van der Waals surface area contributed by atoms with Crippen molar-refractivity contribution in [2.45, 2.75) is 18.5 Å². The number of pyridine rings is 1. The van der Waals surface area contributed by atoms with Crippen molar-refractivity contribution in [2.24, 2.45) is 0 Å². The summed E-state index contributed by atoms with van der Waals surface area (Å²) >= 11 is 11.7. The van der Waals surface area contributed by atoms with E-state index in [1.54, 1.807) is 0 Å². The summed E-state index contributed by atoms with van der Waals surface area (Å²) in [6.45, 7) is 2.16. The second kappa shape index (κ2) is 4.23. The van der Waals surface area contributed by atoms with E-state index in [0.29, 0.717) is 11.2 Å². The lowest BCUT2D eigenvalue weighted by atomic mass is 9.95. The maximum Gasteiger partial charge on any atom is 0.129 e. The zero-order valence-electron chi connectivity index (χ0n) is 9.82. The summed E-state index contributed by atoms with van der Waals surface area (Å²) in [4.78, 5) is 4.13. The van der Waals surface area contributed by atoms with Gasteiger partial charge in [-0.2, -0.15) is 0 Å². The number of rotatable bonds is 2. The van der Waals surface area contributed by atoms with Crippen molar-refractivity contribution in [1.29, 1.82) is 0 Å². The predicted molar refractivity (Wildman–Crippen MR) is 73.9 cm³/mol. The van der Waals surface area contributed by atoms with Crippen LogP contribution in [0.1, 0.15) is 24.1 Å². The van der Waals surface area contributed by atoms with Crippen molar-refractivity contribution in [2.75, 3.05) is 0 Å². The summed E-state index contributed by atoms with van der Waals surface area (Å²) in [6.07, 6.45) is 1.82. The zero-order chi connectivity index (χ0) is 12.8. The van der Waals surface area contributed by atoms with Crippen LogP contribution in [0.4, 0.5) is 0 Å². The number of nitrogens with zero attached hydrogens (tertiary/aromatic N) is 1. The average Bonchev–Trinajstić information content (AvgIpc) is 3.04. The first-order chi connectivity index (χ1) is 8.59. The molecule has 1 aromatic heterocycles. The van der Waals surface area contributed by atoms with Crippen molar-refractivity contribution in [3.8, 4) is 0 Å². The number of aromatic nitrogens is 1. The van der Waals surface area contributed by atoms with Gasteiger partial charge in [-0.3, -0.25) is 5.32 Å². The standard InChI is InChI=1S/C14H12Cl2N2/c1-14(10-4-7-12(16)17-8-10)13(18-14)9-2-5-11(15)6-3-9/h2-8,13,18H,1H3. The van der Waals surface area contributed by atoms with Crippen LogP contribution in [0, 0.1) is 0 Å². The van der Waals surface area contributed by atoms with E-state index in [1.807, 2.05) is 30.5 Å². The molecule has 1 N–H and O–H groups in total. The first-order valence-corrected chi connectivity index (χ1v) is 6.50. The molecule has 0 spiro atoms. The van der Waals surface area contributed by atoms with Gasteiger partial charge in [-0.05, 0) is 36.2 Å². The molecule has 1 aliphatic rings. The minimum absolute atomic E-state index is 0.0641. The zero-order valence-corrected chi connectivity index (χ0v) is 11.3. The Bertz CT molecular complexity index is 565. The molecular formula is C14H12Cl2N2. The first kappa shape index (κ1) is 12.0. The third-order valence-corrected chi connectivity index (χ3v) is 3.94. The number of nitrogens with one attached hydrogen (secondary N) is 1. The fourth-order valence-corrected chi connectivity index (χ4v) is 2.50. The van der Waals surface area contributed by atoms with Crippen LogP contribution >= 0.6 is 23.2 Å². The van der Waals surface area contributed by atoms with Gasteiger partial charge in [0.1, 0.15) is 5.15 Å². The summed E-state index contributed by atoms with van der Waals surface area (Å²) in [5.74, 6) is 0. The van der Waals surface area contributed by atoms with Gasteiger partial charge >= 0.3 is 0 Å². The molecule has 0 amide bonds. The number of benzene rings is 1. The Hall–Kier alpha value is -1.09. The SMILES string of the molecule is CC1(c2ccc(Cl)nc2)NC1c1ccc(Cl)cc1. The Labute approximate surface area is 116 Å². The van der Waals surface area contributed by atoms with E-state index in [2.05, 4.69) is 29.4 Å². The highest BCUT2D eigenvalue weighted by atomic mass is 35.5. The molecule has 0 radical (unpaired) electrons. The van der Waals surface area contributed by atoms with Crippen LogP contribution < -0.4 is 5.32 Å². The van der Waals surface area contributed by atoms with Crippen molar-refractivity contribution in [3.63, 3.8) is 0 Å². The Kier molecular flexibility index (Phi) is 2.81. The number of halogens is 2. The normalized spacial score (nSPS) is 26.1. The summed E-state index contributed by atoms with van der Waals surface area (Å²) in [5.41, 5.74) is 2.31. The largest absolute Gasteiger partial charge is 0.297 e. The molecule has 1 fully saturated rings. The molecule has 2 nitrogen and oxygen atoms in total. The highest BCUT2D eigenvalue weighted by molar-refractivity contribution is 6.30. The molecule has 0 aliphatic carbocycles. The molecule has 2 unspecified atom stereocenters. The van der Waals surface area contributed by atoms with E-state index in [9.17, 15) is 0 Å². The lowest BCUT2D eigenvalue weighted by Gasteiger charge is -2.09. The molecular weight excluding hydrogens is 267 g/mol. The van der Waals surface area contributed by atoms with Crippen LogP contribution in [-0.4, -0.2) is 4.98 Å². The van der Waals surface area contributed by atoms with Crippen LogP contribution in [0.25, 0.3) is 0 Å². The Morgan fingerprint density at radius 2 is 1.83 bits per heavy atom. The quantitative estimate of drug-likeness (QED) is 0.667. The van der Waals surface area contributed by atoms with Gasteiger partial charge in [0.05, 0.1) is 11.6 Å². The predicted octanol–water partition coefficient (Wildman–Crippen LogP) is 3.95. The van der Waals surface area contributed by atoms with Gasteiger partial charge in [0.25, 0.3) is 0 Å². The minimum Gasteiger partial charge on any atom is -0.297 e. The van der Waals surface area contributed by atoms with Crippen LogP contribution in [0.15, 0.2) is 42.6 Å². The minimum atomic E-state index is -0.0641. The van der Waals surface area contributed by atoms with Crippen LogP contribution in [0.5, 0.6) is 0 Å². The first-order valence-electron chi connectivity index (χ1n) is 5.75. The van der Waals surface area contributed by atoms with Crippen molar-refractivity contribution >= 4 is 23.2 Å². The molecule has 1 aliphatic heterocycles. The summed E-state index contributed by atoms with van der Waals surface area (Å²) in [7, 11) is 0. The second-order valence-electron chi connectivity index (χ2n) is 4.70. The molecule has 1 saturated heterocycles. The third kappa shape index (κ3) is 2.01. The van der Waals surface area contributed by atoms with E-state index >= 15 is 0 Å². The van der Waals surface area contributed by atoms with Gasteiger partial charge in [0, 0.05) is 11.2 Å². The van der Waals surface area contributed by atoms with Crippen molar-refractivity contribution < 1.29 is 0 Å². The monoisotopic (exact) mass is 278 g/mol. The Morgan fingerprint density at radius 1 is 1.11 bits per heavy atom. The van der Waals surface area contributed by atoms with Gasteiger partial charge < -0.3 is 0 Å². The molecule has 4 heteroatoms. The third-order valence-electron chi connectivity index (χ3n) is 3.47. The topological polar surface area (TPSA) is 34.8 Å². The molecule has 0 bridgehead atoms. The average molecular weight is 279 g/mol. The molecule has 2 atom stereocenters. The highest BCUT2D eigenvalue weighted by Crippen LogP contribution is 2.48. The summed E-state index contributed by atoms with van der Waals surface area (Å²) in [6, 6.07) is 12.1. The van der Waals surface area contributed by atoms with E-state index in [1.165, 1.54) is 5.56 Å². The lowest BCUT2D eigenvalue weighted by molar-refractivity contribution is 0.727. The highest BCUT2D eigenvalue weighted by Gasteiger charge is 2.51. The van der Waals surface area contributed by atoms with E-state index < -0.39 is 0 Å². The molecule has 18 heavy (non-hydrogen) atoms. The van der Waals surface area contributed by atoms with Crippen LogP contribution in [-0.2, 0) is 5.54 Å². The Balaban J connectivity index is 1.87. The lowest BCUT2D eigenvalue weighted by Crippen LogP contribution is -2.07. The Morgan fingerprint density at radius 3 is 2.44 bits per heavy atom. The van der Waals surface area contributed by atoms with Crippen LogP contribution in [0.3, 0.4) is 0 Å². The molecule has 0 saturated carbocycles. The fourth-order valence-electron chi connectivity index (χ4n) is 2.26. The van der Waals surface area contributed by atoms with Gasteiger partial charge in [-0.15, -0.1) is 0 Å². The van der Waals surface area contributed by atoms with Crippen molar-refractivity contribution in [3.05, 3.63) is 63.9 Å². The molecule has 3 rings (SSSR count). The van der Waals surface area contributed by atoms with E-state index in [0.717, 1.165) is 10.6 Å². The second-order valence-corrected chi connectivity index (χ2v) is 5.52. The van der Waals surface area contributed by atoms with Gasteiger partial charge in [0.15, 0.2) is 0 Å². The molecule has 1 aromatic carbocycles. The summed E-state index contributed by atoms with van der Waals surface area (Å²) in [5, 5.41) is 4.77. The van der Waals surface area contributed by atoms with Crippen molar-refractivity contribution in [1.82, 2.24) is 10.3 Å². The van der Waals surface area contributed by atoms with Gasteiger partial charge in [0.2, 0.25) is 0 Å². The molecule has 2 heterocycles. The maximum absolute atomic E-state index is 5.90. The van der Waals surface area contributed by atoms with Gasteiger partial charge in [-0.1, -0.05) is 41.4 Å². The maximum atomic E-state index is 5.90. The van der Waals surface area contributed by atoms with Crippen LogP contribution in [0.2, 0.25) is 10.2 Å². The fraction of sp³-hybridized carbons (Fsp3) is 0.214. The number of hydrogen-bond acceptors (Lipinski definition) is 2. The smallest absolute Gasteiger partial charge is 0.129 e. The molecule has 2 aromatic rings. The van der Waals surface area contributed by atoms with Gasteiger partial charge in [-0.25, -0.2) is 4.98 Å². The van der Waals surface area contributed by atoms with E-state index in [-0.39, 0.29) is 5.54 Å². The molecule has 92 valence electrons. The number of hydrogen-bond donors (Lipinski definition) is 1.